The highest BCUT2D eigenvalue weighted by molar-refractivity contribution is 5.81. The number of benzene rings is 1. The third-order valence-corrected chi connectivity index (χ3v) is 1.99. The molecule has 1 aromatic heterocycles. The maximum Gasteiger partial charge on any atom is 0.144 e. The molecule has 1 aromatic carbocycles. The minimum Gasteiger partial charge on any atom is -0.464 e. The Morgan fingerprint density at radius 3 is 2.86 bits per heavy atom. The second kappa shape index (κ2) is 3.36. The van der Waals surface area contributed by atoms with Crippen LogP contribution in [0.2, 0.25) is 0 Å². The molecule has 0 aliphatic rings. The third kappa shape index (κ3) is 1.26. The van der Waals surface area contributed by atoms with Crippen molar-refractivity contribution in [2.75, 3.05) is 0 Å². The molecule has 14 heavy (non-hydrogen) atoms. The van der Waals surface area contributed by atoms with Crippen LogP contribution >= 0.6 is 0 Å². The predicted octanol–water partition coefficient (Wildman–Crippen LogP) is 2.19. The molecule has 1 heterocycles. The Morgan fingerprint density at radius 2 is 2.14 bits per heavy atom. The third-order valence-electron chi connectivity index (χ3n) is 1.99. The molecular formula is C9H7F2NO2. The summed E-state index contributed by atoms with van der Waals surface area (Å²) >= 11 is 0. The monoisotopic (exact) mass is 199 g/mol. The molecule has 0 saturated heterocycles. The Morgan fingerprint density at radius 1 is 1.36 bits per heavy atom. The number of nitrogens with one attached hydrogen (secondary N) is 1. The van der Waals surface area contributed by atoms with Gasteiger partial charge < -0.3 is 9.62 Å². The topological polar surface area (TPSA) is 45.4 Å². The van der Waals surface area contributed by atoms with Crippen LogP contribution in [0.5, 0.6) is 0 Å². The summed E-state index contributed by atoms with van der Waals surface area (Å²) in [6.07, 6.45) is 1.27. The summed E-state index contributed by atoms with van der Waals surface area (Å²) in [5, 5.41) is 8.66. The van der Waals surface area contributed by atoms with Crippen LogP contribution in [0.3, 0.4) is 0 Å². The highest BCUT2D eigenvalue weighted by atomic mass is 19.1. The van der Waals surface area contributed by atoms with Crippen molar-refractivity contribution >= 4 is 11.0 Å². The lowest BCUT2D eigenvalue weighted by Gasteiger charge is -2.02. The molecule has 2 N–H and O–H groups in total. The zero-order valence-corrected chi connectivity index (χ0v) is 7.05. The molecule has 0 spiro atoms. The van der Waals surface area contributed by atoms with E-state index in [9.17, 15) is 8.78 Å². The Kier molecular flexibility index (Phi) is 2.18. The summed E-state index contributed by atoms with van der Waals surface area (Å²) in [6.45, 7) is -0.129. The van der Waals surface area contributed by atoms with E-state index in [4.69, 9.17) is 9.62 Å². The van der Waals surface area contributed by atoms with E-state index in [2.05, 4.69) is 0 Å². The summed E-state index contributed by atoms with van der Waals surface area (Å²) in [6, 6.07) is 2.18. The van der Waals surface area contributed by atoms with Crippen molar-refractivity contribution in [1.82, 2.24) is 5.48 Å². The molecule has 0 unspecified atom stereocenters. The molecule has 2 rings (SSSR count). The Bertz CT molecular complexity index is 467. The van der Waals surface area contributed by atoms with E-state index in [1.165, 1.54) is 12.3 Å². The van der Waals surface area contributed by atoms with E-state index >= 15 is 0 Å². The molecule has 0 bridgehead atoms. The lowest BCUT2D eigenvalue weighted by Crippen LogP contribution is -2.08. The lowest BCUT2D eigenvalue weighted by atomic mass is 10.1. The number of hydrogen-bond donors (Lipinski definition) is 2. The summed E-state index contributed by atoms with van der Waals surface area (Å²) < 4.78 is 31.2. The van der Waals surface area contributed by atoms with Gasteiger partial charge in [-0.25, -0.2) is 14.3 Å². The fourth-order valence-electron chi connectivity index (χ4n) is 1.36. The molecule has 74 valence electrons. The average Bonchev–Trinajstić information content (AvgIpc) is 2.60. The first-order chi connectivity index (χ1) is 6.74. The molecule has 5 heteroatoms. The van der Waals surface area contributed by atoms with Crippen LogP contribution < -0.4 is 5.48 Å². The van der Waals surface area contributed by atoms with Crippen molar-refractivity contribution in [2.45, 2.75) is 6.54 Å². The van der Waals surface area contributed by atoms with Gasteiger partial charge in [0.05, 0.1) is 18.2 Å². The van der Waals surface area contributed by atoms with Crippen LogP contribution in [0.15, 0.2) is 22.8 Å². The van der Waals surface area contributed by atoms with E-state index in [0.717, 1.165) is 6.07 Å². The minimum absolute atomic E-state index is 0.105. The second-order valence-electron chi connectivity index (χ2n) is 2.82. The number of hydroxylamine groups is 1. The van der Waals surface area contributed by atoms with Crippen LogP contribution in [0.4, 0.5) is 8.78 Å². The minimum atomic E-state index is -0.744. The maximum atomic E-state index is 13.2. The average molecular weight is 199 g/mol. The molecule has 0 saturated carbocycles. The molecular weight excluding hydrogens is 192 g/mol. The zero-order chi connectivity index (χ0) is 10.1. The van der Waals surface area contributed by atoms with Crippen LogP contribution in [-0.2, 0) is 6.54 Å². The Balaban J connectivity index is 2.73. The van der Waals surface area contributed by atoms with Crippen LogP contribution in [-0.4, -0.2) is 5.21 Å². The normalized spacial score (nSPS) is 11.1. The molecule has 0 radical (unpaired) electrons. The summed E-state index contributed by atoms with van der Waals surface area (Å²) in [4.78, 5) is 0. The highest BCUT2D eigenvalue weighted by Crippen LogP contribution is 2.25. The summed E-state index contributed by atoms with van der Waals surface area (Å²) in [7, 11) is 0. The van der Waals surface area contributed by atoms with Gasteiger partial charge in [0.1, 0.15) is 17.2 Å². The van der Waals surface area contributed by atoms with Gasteiger partial charge in [-0.15, -0.1) is 0 Å². The summed E-state index contributed by atoms with van der Waals surface area (Å²) in [5.41, 5.74) is 2.02. The standard InChI is InChI=1S/C9H7F2NO2/c10-7-3-8(11)6(4-12-13)9-5(7)1-2-14-9/h1-3,12-13H,4H2. The van der Waals surface area contributed by atoms with Crippen molar-refractivity contribution in [3.8, 4) is 0 Å². The second-order valence-corrected chi connectivity index (χ2v) is 2.82. The first kappa shape index (κ1) is 9.11. The van der Waals surface area contributed by atoms with E-state index in [1.54, 1.807) is 5.48 Å². The van der Waals surface area contributed by atoms with Gasteiger partial charge in [-0.05, 0) is 6.07 Å². The van der Waals surface area contributed by atoms with Crippen LogP contribution in [0.1, 0.15) is 5.56 Å². The van der Waals surface area contributed by atoms with Gasteiger partial charge in [0.15, 0.2) is 0 Å². The van der Waals surface area contributed by atoms with Crippen molar-refractivity contribution in [2.24, 2.45) is 0 Å². The molecule has 2 aromatic rings. The van der Waals surface area contributed by atoms with Gasteiger partial charge in [-0.1, -0.05) is 0 Å². The Hall–Kier alpha value is -1.46. The van der Waals surface area contributed by atoms with Gasteiger partial charge in [0.2, 0.25) is 0 Å². The van der Waals surface area contributed by atoms with Crippen molar-refractivity contribution in [3.63, 3.8) is 0 Å². The Labute approximate surface area is 77.9 Å². The molecule has 0 aliphatic heterocycles. The van der Waals surface area contributed by atoms with Crippen LogP contribution in [0.25, 0.3) is 11.0 Å². The first-order valence-electron chi connectivity index (χ1n) is 3.95. The fraction of sp³-hybridized carbons (Fsp3) is 0.111. The number of halogens is 2. The van der Waals surface area contributed by atoms with Gasteiger partial charge >= 0.3 is 0 Å². The van der Waals surface area contributed by atoms with Crippen molar-refractivity contribution in [1.29, 1.82) is 0 Å². The smallest absolute Gasteiger partial charge is 0.144 e. The molecule has 3 nitrogen and oxygen atoms in total. The van der Waals surface area contributed by atoms with E-state index < -0.39 is 11.6 Å². The van der Waals surface area contributed by atoms with Crippen LogP contribution in [0, 0.1) is 11.6 Å². The van der Waals surface area contributed by atoms with Gasteiger partial charge in [-0.3, -0.25) is 0 Å². The number of furan rings is 1. The largest absolute Gasteiger partial charge is 0.464 e. The van der Waals surface area contributed by atoms with E-state index in [1.807, 2.05) is 0 Å². The quantitative estimate of drug-likeness (QED) is 0.728. The molecule has 0 amide bonds. The zero-order valence-electron chi connectivity index (χ0n) is 7.05. The fourth-order valence-corrected chi connectivity index (χ4v) is 1.36. The number of fused-ring (bicyclic) bond motifs is 1. The molecule has 0 fully saturated rings. The highest BCUT2D eigenvalue weighted by Gasteiger charge is 2.14. The summed E-state index contributed by atoms with van der Waals surface area (Å²) in [5.74, 6) is -1.42. The van der Waals surface area contributed by atoms with Gasteiger partial charge in [0.25, 0.3) is 0 Å². The van der Waals surface area contributed by atoms with Crippen molar-refractivity contribution < 1.29 is 18.4 Å². The maximum absolute atomic E-state index is 13.2. The number of hydrogen-bond acceptors (Lipinski definition) is 3. The predicted molar refractivity (Wildman–Crippen MR) is 44.8 cm³/mol. The van der Waals surface area contributed by atoms with Gasteiger partial charge in [0, 0.05) is 11.6 Å². The van der Waals surface area contributed by atoms with Crippen molar-refractivity contribution in [3.05, 3.63) is 35.6 Å². The van der Waals surface area contributed by atoms with E-state index in [0.29, 0.717) is 0 Å². The lowest BCUT2D eigenvalue weighted by molar-refractivity contribution is 0.160. The first-order valence-corrected chi connectivity index (χ1v) is 3.95. The van der Waals surface area contributed by atoms with Gasteiger partial charge in [-0.2, -0.15) is 0 Å². The molecule has 0 atom stereocenters. The van der Waals surface area contributed by atoms with E-state index in [-0.39, 0.29) is 23.1 Å². The SMILES string of the molecule is ONCc1c(F)cc(F)c2ccoc12. The number of rotatable bonds is 2. The molecule has 0 aliphatic carbocycles.